The molecule has 0 aliphatic carbocycles. The maximum absolute atomic E-state index is 13.0. The summed E-state index contributed by atoms with van der Waals surface area (Å²) in [5, 5.41) is 15.8. The number of nitro benzene ring substituents is 1. The maximum Gasteiger partial charge on any atom is 0.325 e. The van der Waals surface area contributed by atoms with E-state index in [1.54, 1.807) is 24.3 Å². The molecule has 2 N–H and O–H groups in total. The number of carbonyl (C=O) groups excluding carboxylic acids is 3. The van der Waals surface area contributed by atoms with Crippen LogP contribution in [-0.2, 0) is 25.7 Å². The molecule has 10 heteroatoms. The molecule has 0 spiro atoms. The first-order valence-electron chi connectivity index (χ1n) is 12.7. The van der Waals surface area contributed by atoms with Crippen LogP contribution >= 0.6 is 0 Å². The van der Waals surface area contributed by atoms with E-state index in [4.69, 9.17) is 9.47 Å². The van der Waals surface area contributed by atoms with E-state index in [9.17, 15) is 24.5 Å². The molecule has 0 bridgehead atoms. The minimum absolute atomic E-state index is 0.0148. The predicted octanol–water partition coefficient (Wildman–Crippen LogP) is 4.49. The SMILES string of the molecule is O=C(CNC(=O)C(c1ccccc1)c1ccccc1)NCC(=O)OCc1ccc(Oc2ccc([N+](=O)[O-])cc2)cc1. The van der Waals surface area contributed by atoms with Gasteiger partial charge in [0.05, 0.1) is 17.4 Å². The summed E-state index contributed by atoms with van der Waals surface area (Å²) in [6.07, 6.45) is 0. The van der Waals surface area contributed by atoms with Crippen molar-refractivity contribution in [3.05, 3.63) is 136 Å². The molecule has 4 rings (SSSR count). The fraction of sp³-hybridized carbons (Fsp3) is 0.129. The van der Waals surface area contributed by atoms with E-state index in [1.807, 2.05) is 60.7 Å². The molecule has 0 aliphatic heterocycles. The Morgan fingerprint density at radius 3 is 1.78 bits per heavy atom. The lowest BCUT2D eigenvalue weighted by Crippen LogP contribution is -2.41. The van der Waals surface area contributed by atoms with Gasteiger partial charge in [0.1, 0.15) is 24.7 Å². The molecule has 0 radical (unpaired) electrons. The largest absolute Gasteiger partial charge is 0.460 e. The molecule has 4 aromatic carbocycles. The van der Waals surface area contributed by atoms with Crippen LogP contribution in [0.25, 0.3) is 0 Å². The van der Waals surface area contributed by atoms with Crippen molar-refractivity contribution in [1.29, 1.82) is 0 Å². The van der Waals surface area contributed by atoms with Gasteiger partial charge < -0.3 is 20.1 Å². The molecule has 0 heterocycles. The normalized spacial score (nSPS) is 10.5. The van der Waals surface area contributed by atoms with E-state index >= 15 is 0 Å². The highest BCUT2D eigenvalue weighted by Crippen LogP contribution is 2.25. The lowest BCUT2D eigenvalue weighted by molar-refractivity contribution is -0.384. The summed E-state index contributed by atoms with van der Waals surface area (Å²) in [5.74, 6) is -1.13. The standard InChI is InChI=1S/C31H27N3O7/c35-28(19-33-31(37)30(23-7-3-1-4-8-23)24-9-5-2-6-10-24)32-20-29(36)40-21-22-11-15-26(16-12-22)41-27-17-13-25(14-18-27)34(38)39/h1-18,30H,19-21H2,(H,32,35)(H,33,37). The van der Waals surface area contributed by atoms with E-state index in [-0.39, 0.29) is 31.3 Å². The molecule has 0 aliphatic rings. The summed E-state index contributed by atoms with van der Waals surface area (Å²) in [4.78, 5) is 47.7. The van der Waals surface area contributed by atoms with Crippen molar-refractivity contribution in [2.45, 2.75) is 12.5 Å². The van der Waals surface area contributed by atoms with Crippen LogP contribution < -0.4 is 15.4 Å². The van der Waals surface area contributed by atoms with Crippen molar-refractivity contribution in [2.75, 3.05) is 13.1 Å². The number of esters is 1. The van der Waals surface area contributed by atoms with E-state index in [1.165, 1.54) is 24.3 Å². The summed E-state index contributed by atoms with van der Waals surface area (Å²) < 4.78 is 10.9. The Kier molecular flexibility index (Phi) is 9.76. The zero-order valence-electron chi connectivity index (χ0n) is 21.9. The molecule has 41 heavy (non-hydrogen) atoms. The Hall–Kier alpha value is -5.51. The van der Waals surface area contributed by atoms with Gasteiger partial charge in [0.2, 0.25) is 11.8 Å². The van der Waals surface area contributed by atoms with E-state index < -0.39 is 22.7 Å². The number of non-ortho nitro benzene ring substituents is 1. The molecule has 0 unspecified atom stereocenters. The zero-order valence-corrected chi connectivity index (χ0v) is 21.9. The fourth-order valence-corrected chi connectivity index (χ4v) is 3.93. The molecular formula is C31H27N3O7. The Morgan fingerprint density at radius 2 is 1.24 bits per heavy atom. The highest BCUT2D eigenvalue weighted by atomic mass is 16.6. The van der Waals surface area contributed by atoms with Gasteiger partial charge in [-0.2, -0.15) is 0 Å². The zero-order chi connectivity index (χ0) is 29.0. The molecule has 0 fully saturated rings. The van der Waals surface area contributed by atoms with Crippen molar-refractivity contribution < 1.29 is 28.8 Å². The minimum atomic E-state index is -0.637. The van der Waals surface area contributed by atoms with E-state index in [0.29, 0.717) is 17.1 Å². The van der Waals surface area contributed by atoms with Crippen LogP contribution in [0.3, 0.4) is 0 Å². The van der Waals surface area contributed by atoms with Crippen LogP contribution in [-0.4, -0.2) is 35.8 Å². The smallest absolute Gasteiger partial charge is 0.325 e. The van der Waals surface area contributed by atoms with Gasteiger partial charge in [-0.1, -0.05) is 72.8 Å². The minimum Gasteiger partial charge on any atom is -0.460 e. The molecule has 10 nitrogen and oxygen atoms in total. The van der Waals surface area contributed by atoms with Crippen LogP contribution in [0.1, 0.15) is 22.6 Å². The van der Waals surface area contributed by atoms with Crippen LogP contribution in [0.5, 0.6) is 11.5 Å². The van der Waals surface area contributed by atoms with Crippen LogP contribution in [0.2, 0.25) is 0 Å². The van der Waals surface area contributed by atoms with Gasteiger partial charge in [0.15, 0.2) is 0 Å². The number of amides is 2. The number of rotatable bonds is 12. The van der Waals surface area contributed by atoms with Gasteiger partial charge in [0.25, 0.3) is 5.69 Å². The number of hydrogen-bond donors (Lipinski definition) is 2. The average Bonchev–Trinajstić information content (AvgIpc) is 3.00. The van der Waals surface area contributed by atoms with Crippen LogP contribution in [0, 0.1) is 10.1 Å². The first kappa shape index (κ1) is 28.5. The molecule has 0 aromatic heterocycles. The Labute approximate surface area is 236 Å². The third kappa shape index (κ3) is 8.49. The van der Waals surface area contributed by atoms with Crippen molar-refractivity contribution >= 4 is 23.5 Å². The van der Waals surface area contributed by atoms with Crippen LogP contribution in [0.15, 0.2) is 109 Å². The molecule has 0 saturated carbocycles. The third-order valence-electron chi connectivity index (χ3n) is 5.99. The fourth-order valence-electron chi connectivity index (χ4n) is 3.93. The van der Waals surface area contributed by atoms with Crippen molar-refractivity contribution in [3.8, 4) is 11.5 Å². The lowest BCUT2D eigenvalue weighted by Gasteiger charge is -2.17. The summed E-state index contributed by atoms with van der Waals surface area (Å²) in [7, 11) is 0. The Bertz CT molecular complexity index is 1440. The van der Waals surface area contributed by atoms with Gasteiger partial charge in [-0.15, -0.1) is 0 Å². The molecule has 208 valence electrons. The van der Waals surface area contributed by atoms with Crippen molar-refractivity contribution in [3.63, 3.8) is 0 Å². The second-order valence-corrected chi connectivity index (χ2v) is 8.91. The lowest BCUT2D eigenvalue weighted by atomic mass is 9.90. The third-order valence-corrected chi connectivity index (χ3v) is 5.99. The highest BCUT2D eigenvalue weighted by Gasteiger charge is 2.23. The molecular weight excluding hydrogens is 526 g/mol. The number of hydrogen-bond acceptors (Lipinski definition) is 7. The molecule has 0 atom stereocenters. The molecule has 4 aromatic rings. The average molecular weight is 554 g/mol. The predicted molar refractivity (Wildman–Crippen MR) is 150 cm³/mol. The quantitative estimate of drug-likeness (QED) is 0.150. The van der Waals surface area contributed by atoms with Gasteiger partial charge in [-0.05, 0) is 41.0 Å². The first-order chi connectivity index (χ1) is 19.9. The van der Waals surface area contributed by atoms with E-state index in [2.05, 4.69) is 10.6 Å². The molecule has 2 amide bonds. The molecule has 0 saturated heterocycles. The highest BCUT2D eigenvalue weighted by molar-refractivity contribution is 5.91. The number of nitro groups is 1. The Balaban J connectivity index is 1.19. The second-order valence-electron chi connectivity index (χ2n) is 8.91. The summed E-state index contributed by atoms with van der Waals surface area (Å²) in [6.45, 7) is -0.658. The maximum atomic E-state index is 13.0. The van der Waals surface area contributed by atoms with Crippen LogP contribution in [0.4, 0.5) is 5.69 Å². The second kappa shape index (κ2) is 14.0. The topological polar surface area (TPSA) is 137 Å². The number of nitrogens with one attached hydrogen (secondary N) is 2. The number of nitrogens with zero attached hydrogens (tertiary/aromatic N) is 1. The van der Waals surface area contributed by atoms with Crippen molar-refractivity contribution in [2.24, 2.45) is 0 Å². The summed E-state index contributed by atoms with van der Waals surface area (Å²) >= 11 is 0. The van der Waals surface area contributed by atoms with Gasteiger partial charge >= 0.3 is 5.97 Å². The van der Waals surface area contributed by atoms with Gasteiger partial charge in [-0.3, -0.25) is 24.5 Å². The van der Waals surface area contributed by atoms with E-state index in [0.717, 1.165) is 11.1 Å². The summed E-state index contributed by atoms with van der Waals surface area (Å²) in [5.41, 5.74) is 2.26. The van der Waals surface area contributed by atoms with Crippen molar-refractivity contribution in [1.82, 2.24) is 10.6 Å². The first-order valence-corrected chi connectivity index (χ1v) is 12.7. The number of carbonyl (C=O) groups is 3. The van der Waals surface area contributed by atoms with Gasteiger partial charge in [-0.25, -0.2) is 0 Å². The number of ether oxygens (including phenoxy) is 2. The van der Waals surface area contributed by atoms with Gasteiger partial charge in [0, 0.05) is 12.1 Å². The summed E-state index contributed by atoms with van der Waals surface area (Å²) in [6, 6.07) is 31.0. The monoisotopic (exact) mass is 553 g/mol. The Morgan fingerprint density at radius 1 is 0.707 bits per heavy atom. The number of benzene rings is 4.